The van der Waals surface area contributed by atoms with Gasteiger partial charge in [0.05, 0.1) is 0 Å². The van der Waals surface area contributed by atoms with Gasteiger partial charge in [0.15, 0.2) is 0 Å². The van der Waals surface area contributed by atoms with Crippen LogP contribution in [0.15, 0.2) is 24.3 Å². The normalized spacial score (nSPS) is 12.9. The first-order chi connectivity index (χ1) is 8.28. The minimum atomic E-state index is -0.529. The SMILES string of the molecule is [CH2]C(Cc1ccccc1O)NC(=O)OC(C)(C)C. The van der Waals surface area contributed by atoms with Crippen LogP contribution in [-0.4, -0.2) is 22.8 Å². The average molecular weight is 250 g/mol. The number of carbonyl (C=O) groups is 1. The highest BCUT2D eigenvalue weighted by Gasteiger charge is 2.18. The molecule has 4 nitrogen and oxygen atoms in total. The molecular weight excluding hydrogens is 230 g/mol. The summed E-state index contributed by atoms with van der Waals surface area (Å²) in [6.45, 7) is 9.22. The summed E-state index contributed by atoms with van der Waals surface area (Å²) in [6.07, 6.45) is -0.0516. The second kappa shape index (κ2) is 5.76. The minimum Gasteiger partial charge on any atom is -0.508 e. The molecule has 0 fully saturated rings. The van der Waals surface area contributed by atoms with E-state index in [1.165, 1.54) is 0 Å². The molecule has 0 spiro atoms. The van der Waals surface area contributed by atoms with E-state index in [0.29, 0.717) is 6.42 Å². The average Bonchev–Trinajstić information content (AvgIpc) is 2.18. The van der Waals surface area contributed by atoms with Crippen molar-refractivity contribution in [2.45, 2.75) is 38.8 Å². The molecule has 0 saturated heterocycles. The van der Waals surface area contributed by atoms with Gasteiger partial charge in [-0.25, -0.2) is 4.79 Å². The van der Waals surface area contributed by atoms with Crippen LogP contribution in [0, 0.1) is 6.92 Å². The molecule has 0 saturated carbocycles. The van der Waals surface area contributed by atoms with Gasteiger partial charge in [-0.2, -0.15) is 0 Å². The first-order valence-electron chi connectivity index (χ1n) is 5.87. The molecule has 0 bridgehead atoms. The third-order valence-electron chi connectivity index (χ3n) is 2.18. The van der Waals surface area contributed by atoms with E-state index in [2.05, 4.69) is 12.2 Å². The monoisotopic (exact) mass is 250 g/mol. The molecule has 1 unspecified atom stereocenters. The van der Waals surface area contributed by atoms with Gasteiger partial charge in [-0.1, -0.05) is 18.2 Å². The lowest BCUT2D eigenvalue weighted by molar-refractivity contribution is 0.0514. The number of phenolic OH excluding ortho intramolecular Hbond substituents is 1. The maximum absolute atomic E-state index is 11.5. The van der Waals surface area contributed by atoms with Crippen molar-refractivity contribution in [3.8, 4) is 5.75 Å². The molecule has 0 heterocycles. The van der Waals surface area contributed by atoms with Crippen molar-refractivity contribution in [1.82, 2.24) is 5.32 Å². The van der Waals surface area contributed by atoms with Crippen molar-refractivity contribution in [2.24, 2.45) is 0 Å². The van der Waals surface area contributed by atoms with Crippen LogP contribution in [-0.2, 0) is 11.2 Å². The molecule has 0 aliphatic rings. The molecule has 1 aromatic rings. The van der Waals surface area contributed by atoms with Crippen LogP contribution in [0.4, 0.5) is 4.79 Å². The van der Waals surface area contributed by atoms with Gasteiger partial charge in [0, 0.05) is 6.04 Å². The number of carbonyl (C=O) groups excluding carboxylic acids is 1. The second-order valence-electron chi connectivity index (χ2n) is 5.18. The molecule has 0 aliphatic carbocycles. The van der Waals surface area contributed by atoms with Crippen LogP contribution in [0.5, 0.6) is 5.75 Å². The highest BCUT2D eigenvalue weighted by molar-refractivity contribution is 5.68. The van der Waals surface area contributed by atoms with Crippen LogP contribution in [0.2, 0.25) is 0 Å². The topological polar surface area (TPSA) is 58.6 Å². The van der Waals surface area contributed by atoms with E-state index in [9.17, 15) is 9.90 Å². The van der Waals surface area contributed by atoms with Crippen molar-refractivity contribution in [2.75, 3.05) is 0 Å². The van der Waals surface area contributed by atoms with E-state index in [-0.39, 0.29) is 11.8 Å². The molecule has 4 heteroatoms. The number of aromatic hydroxyl groups is 1. The quantitative estimate of drug-likeness (QED) is 0.867. The maximum Gasteiger partial charge on any atom is 0.407 e. The predicted molar refractivity (Wildman–Crippen MR) is 70.3 cm³/mol. The predicted octanol–water partition coefficient (Wildman–Crippen LogP) is 2.66. The Labute approximate surface area is 108 Å². The van der Waals surface area contributed by atoms with Gasteiger partial charge in [0.2, 0.25) is 0 Å². The second-order valence-corrected chi connectivity index (χ2v) is 5.18. The number of nitrogens with one attached hydrogen (secondary N) is 1. The fraction of sp³-hybridized carbons (Fsp3) is 0.429. The number of ether oxygens (including phenoxy) is 1. The summed E-state index contributed by atoms with van der Waals surface area (Å²) in [4.78, 5) is 11.5. The molecule has 1 radical (unpaired) electrons. The van der Waals surface area contributed by atoms with E-state index in [1.54, 1.807) is 39.0 Å². The zero-order valence-electron chi connectivity index (χ0n) is 11.1. The third-order valence-corrected chi connectivity index (χ3v) is 2.18. The standard InChI is InChI=1S/C14H20NO3/c1-10(15-13(17)18-14(2,3)4)9-11-7-5-6-8-12(11)16/h5-8,10,16H,1,9H2,2-4H3,(H,15,17). The lowest BCUT2D eigenvalue weighted by Crippen LogP contribution is -2.38. The summed E-state index contributed by atoms with van der Waals surface area (Å²) in [7, 11) is 0. The summed E-state index contributed by atoms with van der Waals surface area (Å²) < 4.78 is 5.12. The number of phenols is 1. The van der Waals surface area contributed by atoms with Crippen molar-refractivity contribution in [1.29, 1.82) is 0 Å². The van der Waals surface area contributed by atoms with Crippen molar-refractivity contribution >= 4 is 6.09 Å². The summed E-state index contributed by atoms with van der Waals surface area (Å²) in [5, 5.41) is 12.2. The third kappa shape index (κ3) is 5.08. The van der Waals surface area contributed by atoms with Crippen LogP contribution >= 0.6 is 0 Å². The van der Waals surface area contributed by atoms with Gasteiger partial charge < -0.3 is 15.2 Å². The molecule has 1 amide bonds. The molecule has 1 aromatic carbocycles. The van der Waals surface area contributed by atoms with Crippen LogP contribution < -0.4 is 5.32 Å². The number of amides is 1. The Hall–Kier alpha value is -1.71. The van der Waals surface area contributed by atoms with Crippen molar-refractivity contribution < 1.29 is 14.6 Å². The van der Waals surface area contributed by atoms with Gasteiger partial charge in [0.25, 0.3) is 0 Å². The lowest BCUT2D eigenvalue weighted by Gasteiger charge is -2.22. The molecule has 0 aliphatic heterocycles. The number of alkyl carbamates (subject to hydrolysis) is 1. The Morgan fingerprint density at radius 3 is 2.61 bits per heavy atom. The van der Waals surface area contributed by atoms with E-state index in [0.717, 1.165) is 5.56 Å². The molecule has 0 aromatic heterocycles. The lowest BCUT2D eigenvalue weighted by atomic mass is 10.1. The number of hydrogen-bond acceptors (Lipinski definition) is 3. The Balaban J connectivity index is 2.50. The van der Waals surface area contributed by atoms with Crippen molar-refractivity contribution in [3.05, 3.63) is 36.8 Å². The number of para-hydroxylation sites is 1. The van der Waals surface area contributed by atoms with Crippen LogP contribution in [0.3, 0.4) is 0 Å². The van der Waals surface area contributed by atoms with Gasteiger partial charge in [-0.3, -0.25) is 0 Å². The number of benzene rings is 1. The van der Waals surface area contributed by atoms with E-state index in [1.807, 2.05) is 6.07 Å². The maximum atomic E-state index is 11.5. The Morgan fingerprint density at radius 2 is 2.06 bits per heavy atom. The molecule has 2 N–H and O–H groups in total. The summed E-state index contributed by atoms with van der Waals surface area (Å²) in [5.41, 5.74) is 0.215. The van der Waals surface area contributed by atoms with E-state index in [4.69, 9.17) is 4.74 Å². The summed E-state index contributed by atoms with van der Waals surface area (Å²) in [6, 6.07) is 6.63. The van der Waals surface area contributed by atoms with Gasteiger partial charge in [-0.15, -0.1) is 0 Å². The molecule has 18 heavy (non-hydrogen) atoms. The van der Waals surface area contributed by atoms with Gasteiger partial charge >= 0.3 is 6.09 Å². The highest BCUT2D eigenvalue weighted by Crippen LogP contribution is 2.17. The largest absolute Gasteiger partial charge is 0.508 e. The van der Waals surface area contributed by atoms with Gasteiger partial charge in [0.1, 0.15) is 11.4 Å². The number of rotatable bonds is 3. The van der Waals surface area contributed by atoms with Crippen LogP contribution in [0.25, 0.3) is 0 Å². The minimum absolute atomic E-state index is 0.206. The molecular formula is C14H20NO3. The first kappa shape index (κ1) is 14.4. The zero-order valence-corrected chi connectivity index (χ0v) is 11.1. The van der Waals surface area contributed by atoms with Crippen LogP contribution in [0.1, 0.15) is 26.3 Å². The zero-order chi connectivity index (χ0) is 13.8. The molecule has 1 atom stereocenters. The van der Waals surface area contributed by atoms with Crippen molar-refractivity contribution in [3.63, 3.8) is 0 Å². The van der Waals surface area contributed by atoms with E-state index < -0.39 is 11.7 Å². The fourth-order valence-corrected chi connectivity index (χ4v) is 1.47. The Morgan fingerprint density at radius 1 is 1.44 bits per heavy atom. The smallest absolute Gasteiger partial charge is 0.407 e. The summed E-state index contributed by atoms with van der Waals surface area (Å²) in [5.74, 6) is 0.206. The highest BCUT2D eigenvalue weighted by atomic mass is 16.6. The molecule has 99 valence electrons. The van der Waals surface area contributed by atoms with E-state index >= 15 is 0 Å². The molecule has 1 rings (SSSR count). The Bertz CT molecular complexity index is 410. The first-order valence-corrected chi connectivity index (χ1v) is 5.87. The fourth-order valence-electron chi connectivity index (χ4n) is 1.47. The Kier molecular flexibility index (Phi) is 4.59. The number of hydrogen-bond donors (Lipinski definition) is 2. The summed E-state index contributed by atoms with van der Waals surface area (Å²) >= 11 is 0. The van der Waals surface area contributed by atoms with Gasteiger partial charge in [-0.05, 0) is 45.7 Å².